The fraction of sp³-hybridized carbons (Fsp3) is 0.435. The number of amides is 1. The summed E-state index contributed by atoms with van der Waals surface area (Å²) in [5, 5.41) is 2.90. The third-order valence-electron chi connectivity index (χ3n) is 5.22. The summed E-state index contributed by atoms with van der Waals surface area (Å²) in [7, 11) is -1.81. The van der Waals surface area contributed by atoms with Gasteiger partial charge in [0.15, 0.2) is 0 Å². The molecule has 0 bridgehead atoms. The van der Waals surface area contributed by atoms with Gasteiger partial charge in [0, 0.05) is 26.6 Å². The molecular weight excluding hydrogens is 416 g/mol. The van der Waals surface area contributed by atoms with E-state index < -0.39 is 10.0 Å². The third kappa shape index (κ3) is 6.29. The molecule has 1 N–H and O–H groups in total. The van der Waals surface area contributed by atoms with Gasteiger partial charge in [-0.25, -0.2) is 8.42 Å². The van der Waals surface area contributed by atoms with Crippen molar-refractivity contribution in [2.24, 2.45) is 0 Å². The maximum atomic E-state index is 12.6. The first-order valence-electron chi connectivity index (χ1n) is 10.5. The molecule has 0 aliphatic carbocycles. The Bertz CT molecular complexity index is 984. The van der Waals surface area contributed by atoms with Crippen LogP contribution in [-0.4, -0.2) is 52.0 Å². The molecule has 168 valence electrons. The van der Waals surface area contributed by atoms with Gasteiger partial charge < -0.3 is 14.8 Å². The lowest BCUT2D eigenvalue weighted by Gasteiger charge is -2.15. The highest BCUT2D eigenvalue weighted by molar-refractivity contribution is 7.89. The second-order valence-electron chi connectivity index (χ2n) is 7.64. The second kappa shape index (κ2) is 10.7. The minimum Gasteiger partial charge on any atom is -0.489 e. The van der Waals surface area contributed by atoms with E-state index in [4.69, 9.17) is 9.47 Å². The molecule has 1 heterocycles. The molecule has 1 saturated heterocycles. The van der Waals surface area contributed by atoms with Crippen molar-refractivity contribution in [3.8, 4) is 5.75 Å². The van der Waals surface area contributed by atoms with Gasteiger partial charge in [0.05, 0.1) is 17.2 Å². The summed E-state index contributed by atoms with van der Waals surface area (Å²) in [6, 6.07) is 12.4. The van der Waals surface area contributed by atoms with Crippen LogP contribution in [0.15, 0.2) is 47.4 Å². The first-order chi connectivity index (χ1) is 14.9. The Morgan fingerprint density at radius 2 is 1.77 bits per heavy atom. The van der Waals surface area contributed by atoms with Gasteiger partial charge in [0.25, 0.3) is 0 Å². The molecule has 2 aromatic carbocycles. The number of carbonyl (C=O) groups excluding carboxylic acids is 1. The number of nitrogens with one attached hydrogen (secondary N) is 1. The minimum atomic E-state index is -3.41. The standard InChI is InChI=1S/C23H30N2O5S/c1-18-5-11-21(22(17-18)30-16-15-29-2)24-23(26)12-8-19-6-9-20(10-7-19)31(27,28)25-13-3-4-14-25/h5-7,9-11,17H,3-4,8,12-16H2,1-2H3,(H,24,26). The van der Waals surface area contributed by atoms with Crippen LogP contribution in [0.3, 0.4) is 0 Å². The number of aryl methyl sites for hydroxylation is 2. The lowest BCUT2D eigenvalue weighted by Crippen LogP contribution is -2.27. The molecule has 0 atom stereocenters. The number of carbonyl (C=O) groups is 1. The molecular formula is C23H30N2O5S. The van der Waals surface area contributed by atoms with Gasteiger partial charge in [0.1, 0.15) is 12.4 Å². The molecule has 1 amide bonds. The quantitative estimate of drug-likeness (QED) is 0.566. The van der Waals surface area contributed by atoms with E-state index >= 15 is 0 Å². The van der Waals surface area contributed by atoms with E-state index in [9.17, 15) is 13.2 Å². The number of hydrogen-bond acceptors (Lipinski definition) is 5. The summed E-state index contributed by atoms with van der Waals surface area (Å²) >= 11 is 0. The Morgan fingerprint density at radius 1 is 1.06 bits per heavy atom. The summed E-state index contributed by atoms with van der Waals surface area (Å²) in [6.45, 7) is 3.99. The molecule has 3 rings (SSSR count). The highest BCUT2D eigenvalue weighted by Crippen LogP contribution is 2.26. The lowest BCUT2D eigenvalue weighted by molar-refractivity contribution is -0.116. The van der Waals surface area contributed by atoms with E-state index in [1.165, 1.54) is 4.31 Å². The molecule has 2 aromatic rings. The monoisotopic (exact) mass is 446 g/mol. The van der Waals surface area contributed by atoms with Crippen molar-refractivity contribution in [1.29, 1.82) is 0 Å². The van der Waals surface area contributed by atoms with Crippen LogP contribution >= 0.6 is 0 Å². The van der Waals surface area contributed by atoms with E-state index in [1.807, 2.05) is 25.1 Å². The number of anilines is 1. The molecule has 0 radical (unpaired) electrons. The fourth-order valence-corrected chi connectivity index (χ4v) is 4.98. The summed E-state index contributed by atoms with van der Waals surface area (Å²) in [6.07, 6.45) is 2.62. The first kappa shape index (κ1) is 23.2. The highest BCUT2D eigenvalue weighted by atomic mass is 32.2. The van der Waals surface area contributed by atoms with Gasteiger partial charge in [-0.1, -0.05) is 18.2 Å². The van der Waals surface area contributed by atoms with Crippen LogP contribution in [0.25, 0.3) is 0 Å². The van der Waals surface area contributed by atoms with Crippen molar-refractivity contribution in [1.82, 2.24) is 4.31 Å². The van der Waals surface area contributed by atoms with Crippen molar-refractivity contribution >= 4 is 21.6 Å². The molecule has 0 unspecified atom stereocenters. The second-order valence-corrected chi connectivity index (χ2v) is 9.58. The van der Waals surface area contributed by atoms with Crippen LogP contribution in [-0.2, 0) is 26.0 Å². The number of nitrogens with zero attached hydrogens (tertiary/aromatic N) is 1. The SMILES string of the molecule is COCCOc1cc(C)ccc1NC(=O)CCc1ccc(S(=O)(=O)N2CCCC2)cc1. The Labute approximate surface area is 184 Å². The van der Waals surface area contributed by atoms with Crippen LogP contribution < -0.4 is 10.1 Å². The zero-order chi connectivity index (χ0) is 22.3. The number of rotatable bonds is 10. The van der Waals surface area contributed by atoms with Gasteiger partial charge in [-0.2, -0.15) is 4.31 Å². The molecule has 1 aliphatic heterocycles. The van der Waals surface area contributed by atoms with E-state index in [0.29, 0.717) is 49.1 Å². The number of ether oxygens (including phenoxy) is 2. The summed E-state index contributed by atoms with van der Waals surface area (Å²) in [5.74, 6) is 0.482. The van der Waals surface area contributed by atoms with E-state index in [-0.39, 0.29) is 12.3 Å². The maximum absolute atomic E-state index is 12.6. The average Bonchev–Trinajstić information content (AvgIpc) is 3.30. The average molecular weight is 447 g/mol. The fourth-order valence-electron chi connectivity index (χ4n) is 3.46. The summed E-state index contributed by atoms with van der Waals surface area (Å²) in [5.41, 5.74) is 2.57. The Kier molecular flexibility index (Phi) is 8.06. The Morgan fingerprint density at radius 3 is 2.45 bits per heavy atom. The molecule has 0 aromatic heterocycles. The predicted molar refractivity (Wildman–Crippen MR) is 120 cm³/mol. The zero-order valence-electron chi connectivity index (χ0n) is 18.1. The Balaban J connectivity index is 1.56. The van der Waals surface area contributed by atoms with Crippen molar-refractivity contribution < 1.29 is 22.7 Å². The van der Waals surface area contributed by atoms with E-state index in [1.54, 1.807) is 31.4 Å². The molecule has 8 heteroatoms. The van der Waals surface area contributed by atoms with Crippen molar-refractivity contribution in [3.05, 3.63) is 53.6 Å². The lowest BCUT2D eigenvalue weighted by atomic mass is 10.1. The highest BCUT2D eigenvalue weighted by Gasteiger charge is 2.26. The van der Waals surface area contributed by atoms with Crippen molar-refractivity contribution in [3.63, 3.8) is 0 Å². The maximum Gasteiger partial charge on any atom is 0.243 e. The summed E-state index contributed by atoms with van der Waals surface area (Å²) < 4.78 is 37.5. The molecule has 1 aliphatic rings. The molecule has 0 spiro atoms. The zero-order valence-corrected chi connectivity index (χ0v) is 18.9. The number of sulfonamides is 1. The molecule has 0 saturated carbocycles. The molecule has 31 heavy (non-hydrogen) atoms. The van der Waals surface area contributed by atoms with Gasteiger partial charge >= 0.3 is 0 Å². The van der Waals surface area contributed by atoms with Crippen molar-refractivity contribution in [2.45, 2.75) is 37.5 Å². The van der Waals surface area contributed by atoms with Crippen LogP contribution in [0.4, 0.5) is 5.69 Å². The van der Waals surface area contributed by atoms with Gasteiger partial charge in [0.2, 0.25) is 15.9 Å². The first-order valence-corrected chi connectivity index (χ1v) is 12.0. The third-order valence-corrected chi connectivity index (χ3v) is 7.14. The molecule has 7 nitrogen and oxygen atoms in total. The minimum absolute atomic E-state index is 0.130. The van der Waals surface area contributed by atoms with E-state index in [2.05, 4.69) is 5.32 Å². The van der Waals surface area contributed by atoms with Gasteiger partial charge in [-0.3, -0.25) is 4.79 Å². The molecule has 1 fully saturated rings. The van der Waals surface area contributed by atoms with Crippen LogP contribution in [0.1, 0.15) is 30.4 Å². The van der Waals surface area contributed by atoms with Gasteiger partial charge in [-0.15, -0.1) is 0 Å². The topological polar surface area (TPSA) is 84.9 Å². The predicted octanol–water partition coefficient (Wildman–Crippen LogP) is 3.38. The largest absolute Gasteiger partial charge is 0.489 e. The van der Waals surface area contributed by atoms with E-state index in [0.717, 1.165) is 24.0 Å². The Hall–Kier alpha value is -2.42. The van der Waals surface area contributed by atoms with Crippen LogP contribution in [0.5, 0.6) is 5.75 Å². The summed E-state index contributed by atoms with van der Waals surface area (Å²) in [4.78, 5) is 12.8. The van der Waals surface area contributed by atoms with Crippen LogP contribution in [0.2, 0.25) is 0 Å². The normalized spacial score (nSPS) is 14.5. The van der Waals surface area contributed by atoms with Crippen molar-refractivity contribution in [2.75, 3.05) is 38.7 Å². The number of methoxy groups -OCH3 is 1. The van der Waals surface area contributed by atoms with Crippen LogP contribution in [0, 0.1) is 6.92 Å². The number of benzene rings is 2. The smallest absolute Gasteiger partial charge is 0.243 e. The van der Waals surface area contributed by atoms with Gasteiger partial charge in [-0.05, 0) is 61.6 Å². The number of hydrogen-bond donors (Lipinski definition) is 1.